The van der Waals surface area contributed by atoms with Gasteiger partial charge in [-0.15, -0.1) is 0 Å². The number of nitrogens with zero attached hydrogens (tertiary/aromatic N) is 1. The zero-order valence-corrected chi connectivity index (χ0v) is 19.8. The summed E-state index contributed by atoms with van der Waals surface area (Å²) in [7, 11) is 0. The van der Waals surface area contributed by atoms with Crippen molar-refractivity contribution in [3.8, 4) is 0 Å². The Morgan fingerprint density at radius 3 is 2.69 bits per heavy atom. The van der Waals surface area contributed by atoms with Gasteiger partial charge in [0.15, 0.2) is 0 Å². The molecule has 1 fully saturated rings. The van der Waals surface area contributed by atoms with Crippen LogP contribution < -0.4 is 11.1 Å². The number of nitrogens with two attached hydrogens (primary N) is 1. The van der Waals surface area contributed by atoms with Gasteiger partial charge in [0.1, 0.15) is 0 Å². The fourth-order valence-electron chi connectivity index (χ4n) is 6.43. The summed E-state index contributed by atoms with van der Waals surface area (Å²) in [6.45, 7) is 14.2. The Hall–Kier alpha value is -2.14. The highest BCUT2D eigenvalue weighted by molar-refractivity contribution is 5.62. The lowest BCUT2D eigenvalue weighted by molar-refractivity contribution is 0.150. The van der Waals surface area contributed by atoms with Crippen molar-refractivity contribution in [1.82, 2.24) is 9.88 Å². The third kappa shape index (κ3) is 3.89. The second-order valence-corrected chi connectivity index (χ2v) is 9.88. The number of benzene rings is 1. The molecule has 174 valence electrons. The summed E-state index contributed by atoms with van der Waals surface area (Å²) in [6, 6.07) is 4.31. The minimum Gasteiger partial charge on any atom is -0.399 e. The monoisotopic (exact) mass is 441 g/mol. The van der Waals surface area contributed by atoms with Crippen LogP contribution in [0.5, 0.6) is 0 Å². The highest BCUT2D eigenvalue weighted by atomic mass is 19.3. The lowest BCUT2D eigenvalue weighted by Crippen LogP contribution is -2.28. The van der Waals surface area contributed by atoms with Crippen LogP contribution in [-0.2, 0) is 19.4 Å². The molecule has 0 spiro atoms. The molecule has 1 aliphatic carbocycles. The van der Waals surface area contributed by atoms with E-state index in [1.54, 1.807) is 0 Å². The van der Waals surface area contributed by atoms with Crippen molar-refractivity contribution in [3.05, 3.63) is 64.0 Å². The molecule has 3 nitrogen and oxygen atoms in total. The topological polar surface area (TPSA) is 43.0 Å². The van der Waals surface area contributed by atoms with E-state index in [-0.39, 0.29) is 11.5 Å². The highest BCUT2D eigenvalue weighted by Crippen LogP contribution is 2.48. The summed E-state index contributed by atoms with van der Waals surface area (Å²) in [4.78, 5) is 0. The molecule has 32 heavy (non-hydrogen) atoms. The third-order valence-electron chi connectivity index (χ3n) is 8.15. The predicted molar refractivity (Wildman–Crippen MR) is 128 cm³/mol. The van der Waals surface area contributed by atoms with E-state index in [0.717, 1.165) is 61.0 Å². The normalized spacial score (nSPS) is 24.0. The summed E-state index contributed by atoms with van der Waals surface area (Å²) in [5.41, 5.74) is 13.5. The number of alkyl halides is 2. The Bertz CT molecular complexity index is 1010. The van der Waals surface area contributed by atoms with Crippen molar-refractivity contribution >= 4 is 5.70 Å². The lowest BCUT2D eigenvalue weighted by atomic mass is 9.76. The first-order valence-electron chi connectivity index (χ1n) is 12.0. The van der Waals surface area contributed by atoms with Crippen molar-refractivity contribution < 1.29 is 8.78 Å². The second-order valence-electron chi connectivity index (χ2n) is 9.88. The third-order valence-corrected chi connectivity index (χ3v) is 8.15. The fourth-order valence-corrected chi connectivity index (χ4v) is 6.43. The first kappa shape index (κ1) is 23.0. The molecule has 2 heterocycles. The van der Waals surface area contributed by atoms with Crippen LogP contribution in [0.25, 0.3) is 5.70 Å². The zero-order valence-electron chi connectivity index (χ0n) is 19.8. The second kappa shape index (κ2) is 9.01. The van der Waals surface area contributed by atoms with E-state index >= 15 is 0 Å². The molecule has 0 bridgehead atoms. The minimum absolute atomic E-state index is 0.222. The van der Waals surface area contributed by atoms with E-state index in [1.807, 2.05) is 13.0 Å². The van der Waals surface area contributed by atoms with Crippen LogP contribution in [0.2, 0.25) is 0 Å². The van der Waals surface area contributed by atoms with E-state index in [2.05, 4.69) is 49.5 Å². The van der Waals surface area contributed by atoms with Gasteiger partial charge in [-0.2, -0.15) is 0 Å². The van der Waals surface area contributed by atoms with Gasteiger partial charge in [0.05, 0.1) is 0 Å². The first-order chi connectivity index (χ1) is 15.2. The Kier molecular flexibility index (Phi) is 6.49. The molecule has 5 heteroatoms. The van der Waals surface area contributed by atoms with Crippen LogP contribution in [0.4, 0.5) is 8.78 Å². The molecule has 3 N–H and O–H groups in total. The fraction of sp³-hybridized carbons (Fsp3) is 0.556. The average Bonchev–Trinajstić information content (AvgIpc) is 3.36. The van der Waals surface area contributed by atoms with Gasteiger partial charge in [-0.3, -0.25) is 0 Å². The quantitative estimate of drug-likeness (QED) is 0.555. The van der Waals surface area contributed by atoms with Crippen LogP contribution in [0.3, 0.4) is 0 Å². The Morgan fingerprint density at radius 2 is 2.03 bits per heavy atom. The van der Waals surface area contributed by atoms with E-state index in [1.165, 1.54) is 11.3 Å². The molecular formula is C27H37F2N3. The van der Waals surface area contributed by atoms with Gasteiger partial charge in [-0.25, -0.2) is 8.78 Å². The number of hydrogen-bond donors (Lipinski definition) is 2. The average molecular weight is 442 g/mol. The lowest BCUT2D eigenvalue weighted by Gasteiger charge is -2.31. The molecule has 2 aromatic rings. The van der Waals surface area contributed by atoms with Crippen LogP contribution >= 0.6 is 0 Å². The molecule has 2 aliphatic rings. The van der Waals surface area contributed by atoms with Gasteiger partial charge >= 0.3 is 0 Å². The maximum Gasteiger partial charge on any atom is 0.264 e. The Balaban J connectivity index is 1.67. The molecule has 1 aromatic heterocycles. The summed E-state index contributed by atoms with van der Waals surface area (Å²) >= 11 is 0. The highest BCUT2D eigenvalue weighted by Gasteiger charge is 2.38. The molecule has 4 rings (SSSR count). The molecule has 1 saturated carbocycles. The number of hydrogen-bond acceptors (Lipinski definition) is 2. The number of nitrogens with one attached hydrogen (secondary N) is 1. The maximum atomic E-state index is 13.9. The minimum atomic E-state index is -2.43. The van der Waals surface area contributed by atoms with Crippen molar-refractivity contribution in [2.45, 2.75) is 78.3 Å². The maximum absolute atomic E-state index is 13.9. The summed E-state index contributed by atoms with van der Waals surface area (Å²) < 4.78 is 30.2. The standard InChI is InChI=1S/C27H37F2N3/c1-6-26-21(18(5)30)8-10-32(26)19-11-15(2)22(12-19)17(4)23-13-24(27(28)29)16(3)20-7-9-31-14-25(20)23/h8,10,13,15,17,19,22,27,31H,5-7,9,11-12,14,30H2,1-4H3. The Labute approximate surface area is 191 Å². The molecular weight excluding hydrogens is 404 g/mol. The van der Waals surface area contributed by atoms with Crippen molar-refractivity contribution in [3.63, 3.8) is 0 Å². The molecule has 0 radical (unpaired) electrons. The number of aromatic nitrogens is 1. The van der Waals surface area contributed by atoms with E-state index in [4.69, 9.17) is 5.73 Å². The van der Waals surface area contributed by atoms with Gasteiger partial charge < -0.3 is 15.6 Å². The van der Waals surface area contributed by atoms with E-state index < -0.39 is 6.43 Å². The molecule has 1 aliphatic heterocycles. The van der Waals surface area contributed by atoms with Crippen LogP contribution in [0, 0.1) is 18.8 Å². The molecule has 1 aromatic carbocycles. The van der Waals surface area contributed by atoms with Crippen molar-refractivity contribution in [1.29, 1.82) is 0 Å². The summed E-state index contributed by atoms with van der Waals surface area (Å²) in [5.74, 6) is 1.22. The van der Waals surface area contributed by atoms with Gasteiger partial charge in [-0.1, -0.05) is 27.4 Å². The molecule has 4 unspecified atom stereocenters. The van der Waals surface area contributed by atoms with Gasteiger partial charge in [0.25, 0.3) is 6.43 Å². The van der Waals surface area contributed by atoms with Gasteiger partial charge in [-0.05, 0) is 91.3 Å². The molecule has 0 saturated heterocycles. The largest absolute Gasteiger partial charge is 0.399 e. The van der Waals surface area contributed by atoms with Crippen molar-refractivity contribution in [2.75, 3.05) is 6.54 Å². The van der Waals surface area contributed by atoms with Gasteiger partial charge in [0.2, 0.25) is 0 Å². The van der Waals surface area contributed by atoms with Crippen LogP contribution in [0.15, 0.2) is 24.9 Å². The van der Waals surface area contributed by atoms with Crippen molar-refractivity contribution in [2.24, 2.45) is 17.6 Å². The van der Waals surface area contributed by atoms with E-state index in [0.29, 0.717) is 23.6 Å². The first-order valence-corrected chi connectivity index (χ1v) is 12.0. The smallest absolute Gasteiger partial charge is 0.264 e. The van der Waals surface area contributed by atoms with E-state index in [9.17, 15) is 8.78 Å². The SMILES string of the molecule is C=C(N)c1ccn(C2CC(C)C(C(C)c3cc(C(F)F)c(C)c4c3CNCC4)C2)c1CC. The van der Waals surface area contributed by atoms with Crippen LogP contribution in [-0.4, -0.2) is 11.1 Å². The molecule has 0 amide bonds. The summed E-state index contributed by atoms with van der Waals surface area (Å²) in [6.07, 6.45) is 3.63. The summed E-state index contributed by atoms with van der Waals surface area (Å²) in [5, 5.41) is 3.47. The number of fused-ring (bicyclic) bond motifs is 1. The molecule has 4 atom stereocenters. The number of rotatable bonds is 6. The predicted octanol–water partition coefficient (Wildman–Crippen LogP) is 6.26. The Morgan fingerprint density at radius 1 is 1.28 bits per heavy atom. The van der Waals surface area contributed by atoms with Crippen LogP contribution in [0.1, 0.15) is 91.1 Å². The number of halogens is 2. The zero-order chi connectivity index (χ0) is 23.2. The van der Waals surface area contributed by atoms with Gasteiger partial charge in [0, 0.05) is 41.3 Å².